The smallest absolute Gasteiger partial charge is 0.252 e. The average molecular weight is 922 g/mol. The van der Waals surface area contributed by atoms with Crippen LogP contribution in [0.5, 0.6) is 0 Å². The van der Waals surface area contributed by atoms with Crippen molar-refractivity contribution >= 4 is 62.9 Å². The van der Waals surface area contributed by atoms with Gasteiger partial charge in [-0.15, -0.1) is 0 Å². The first-order valence-corrected chi connectivity index (χ1v) is 26.7. The van der Waals surface area contributed by atoms with Crippen molar-refractivity contribution in [1.29, 1.82) is 0 Å². The average Bonchev–Trinajstić information content (AvgIpc) is 3.77. The number of benzene rings is 8. The van der Waals surface area contributed by atoms with Gasteiger partial charge in [-0.05, 0) is 142 Å². The van der Waals surface area contributed by atoms with Gasteiger partial charge in [-0.3, -0.25) is 0 Å². The van der Waals surface area contributed by atoms with Crippen LogP contribution < -0.4 is 31.1 Å². The quantitative estimate of drug-likeness (QED) is 0.159. The molecule has 2 fully saturated rings. The van der Waals surface area contributed by atoms with Crippen molar-refractivity contribution < 1.29 is 0 Å². The van der Waals surface area contributed by atoms with Crippen molar-refractivity contribution in [3.05, 3.63) is 204 Å². The molecular weight excluding hydrogens is 858 g/mol. The van der Waals surface area contributed by atoms with Gasteiger partial charge in [-0.2, -0.15) is 0 Å². The van der Waals surface area contributed by atoms with Gasteiger partial charge in [0.25, 0.3) is 6.71 Å². The summed E-state index contributed by atoms with van der Waals surface area (Å²) in [6, 6.07) is 70.6. The van der Waals surface area contributed by atoms with E-state index in [0.717, 1.165) is 19.3 Å². The second-order valence-corrected chi connectivity index (χ2v) is 23.7. The minimum atomic E-state index is -0.224. The maximum absolute atomic E-state index is 2.96. The number of fused-ring (bicyclic) bond motifs is 10. The van der Waals surface area contributed by atoms with Crippen LogP contribution in [0.15, 0.2) is 182 Å². The van der Waals surface area contributed by atoms with E-state index in [9.17, 15) is 0 Å². The third-order valence-corrected chi connectivity index (χ3v) is 19.2. The molecule has 3 nitrogen and oxygen atoms in total. The molecule has 6 aliphatic rings. The van der Waals surface area contributed by atoms with E-state index >= 15 is 0 Å². The van der Waals surface area contributed by atoms with Gasteiger partial charge in [-0.25, -0.2) is 0 Å². The molecule has 4 aliphatic heterocycles. The summed E-state index contributed by atoms with van der Waals surface area (Å²) < 4.78 is 0. The van der Waals surface area contributed by atoms with E-state index in [1.165, 1.54) is 133 Å². The molecule has 0 amide bonds. The summed E-state index contributed by atoms with van der Waals surface area (Å²) >= 11 is 0. The maximum atomic E-state index is 2.96. The number of nitrogens with zero attached hydrogens (tertiary/aromatic N) is 3. The molecule has 2 aliphatic carbocycles. The second-order valence-electron chi connectivity index (χ2n) is 23.7. The van der Waals surface area contributed by atoms with Crippen LogP contribution in [0.4, 0.5) is 39.8 Å². The third-order valence-electron chi connectivity index (χ3n) is 19.2. The highest BCUT2D eigenvalue weighted by atomic mass is 15.3. The third kappa shape index (κ3) is 5.74. The van der Waals surface area contributed by atoms with Crippen molar-refractivity contribution in [1.82, 2.24) is 0 Å². The zero-order chi connectivity index (χ0) is 48.1. The van der Waals surface area contributed by atoms with Gasteiger partial charge in [0.1, 0.15) is 0 Å². The Hall–Kier alpha value is -6.78. The zero-order valence-electron chi connectivity index (χ0n) is 42.4. The summed E-state index contributed by atoms with van der Waals surface area (Å²) in [6.07, 6.45) is 9.53. The number of anilines is 7. The van der Waals surface area contributed by atoms with Crippen molar-refractivity contribution in [2.24, 2.45) is 0 Å². The first kappa shape index (κ1) is 43.0. The summed E-state index contributed by atoms with van der Waals surface area (Å²) in [5, 5.41) is 0. The van der Waals surface area contributed by atoms with E-state index in [-0.39, 0.29) is 34.0 Å². The highest BCUT2D eigenvalue weighted by Gasteiger charge is 2.65. The monoisotopic (exact) mass is 922 g/mol. The molecule has 4 atom stereocenters. The van der Waals surface area contributed by atoms with Crippen molar-refractivity contribution in [3.8, 4) is 22.3 Å². The molecule has 350 valence electrons. The highest BCUT2D eigenvalue weighted by Crippen LogP contribution is 2.66. The fraction of sp³-hybridized carbons (Fsp3) is 0.284. The molecule has 0 N–H and O–H groups in total. The molecule has 8 aromatic carbocycles. The van der Waals surface area contributed by atoms with E-state index in [1.54, 1.807) is 0 Å². The molecule has 8 aromatic rings. The lowest BCUT2D eigenvalue weighted by atomic mass is 9.33. The molecular formula is C67H64BN3. The van der Waals surface area contributed by atoms with Crippen molar-refractivity contribution in [2.75, 3.05) is 14.7 Å². The Bertz CT molecular complexity index is 3430. The number of hydrogen-bond acceptors (Lipinski definition) is 3. The van der Waals surface area contributed by atoms with E-state index in [2.05, 4.69) is 238 Å². The largest absolute Gasteiger partial charge is 0.335 e. The van der Waals surface area contributed by atoms with Crippen molar-refractivity contribution in [3.63, 3.8) is 0 Å². The molecule has 4 heteroatoms. The van der Waals surface area contributed by atoms with E-state index in [1.807, 2.05) is 0 Å². The fourth-order valence-corrected chi connectivity index (χ4v) is 15.5. The van der Waals surface area contributed by atoms with Crippen LogP contribution in [-0.4, -0.2) is 17.8 Å². The van der Waals surface area contributed by atoms with E-state index < -0.39 is 0 Å². The number of rotatable bonds is 5. The van der Waals surface area contributed by atoms with E-state index in [4.69, 9.17) is 0 Å². The molecule has 2 saturated carbocycles. The zero-order valence-corrected chi connectivity index (χ0v) is 42.4. The summed E-state index contributed by atoms with van der Waals surface area (Å²) in [5.74, 6) is 0. The normalized spacial score (nSPS) is 24.4. The first-order valence-electron chi connectivity index (χ1n) is 26.7. The summed E-state index contributed by atoms with van der Waals surface area (Å²) in [4.78, 5) is 8.45. The van der Waals surface area contributed by atoms with Gasteiger partial charge < -0.3 is 14.7 Å². The predicted octanol–water partition coefficient (Wildman–Crippen LogP) is 15.4. The molecule has 0 aromatic heterocycles. The summed E-state index contributed by atoms with van der Waals surface area (Å²) in [7, 11) is 0. The summed E-state index contributed by atoms with van der Waals surface area (Å²) in [5.41, 5.74) is 23.9. The van der Waals surface area contributed by atoms with Gasteiger partial charge in [-0.1, -0.05) is 199 Å². The Morgan fingerprint density at radius 1 is 0.437 bits per heavy atom. The van der Waals surface area contributed by atoms with Gasteiger partial charge >= 0.3 is 0 Å². The van der Waals surface area contributed by atoms with Crippen LogP contribution in [-0.2, 0) is 16.2 Å². The van der Waals surface area contributed by atoms with Gasteiger partial charge in [0.05, 0.1) is 11.1 Å². The van der Waals surface area contributed by atoms with Crippen LogP contribution in [0.25, 0.3) is 22.3 Å². The lowest BCUT2D eigenvalue weighted by molar-refractivity contribution is 0.195. The fourth-order valence-electron chi connectivity index (χ4n) is 15.5. The van der Waals surface area contributed by atoms with Gasteiger partial charge in [0, 0.05) is 50.6 Å². The standard InChI is InChI=1S/C67H64BN3/c1-63(2,3)50-41-54-62-56(42-50)68-55-40-48(46-24-12-8-13-25-46)32-35-58(55)69(51-33-30-47(31-34-51)45-22-10-7-11-23-45)59-43-52(70-57-29-17-16-28-53(57)64(4)36-18-19-37-65(64,70)5)44-60(61(59)68)71(62)66(6)38-20-21-39-67(54,66)49-26-14-9-15-27-49/h7-17,22-35,40-44H,18-21,36-39H2,1-6H3. The Morgan fingerprint density at radius 3 is 1.75 bits per heavy atom. The van der Waals surface area contributed by atoms with Gasteiger partial charge in [0.2, 0.25) is 0 Å². The second kappa shape index (κ2) is 15.1. The number of para-hydroxylation sites is 1. The molecule has 0 radical (unpaired) electrons. The SMILES string of the molecule is CC(C)(C)c1cc2c3c(c1)C1(c4ccccc4)CCCCC1(C)N3c1cc(N3c4ccccc4C4(C)CCCCC34C)cc3c1B2c1cc(-c2ccccc2)ccc1N3c1ccc(-c2ccccc2)cc1. The van der Waals surface area contributed by atoms with Crippen LogP contribution >= 0.6 is 0 Å². The van der Waals surface area contributed by atoms with Crippen LogP contribution in [0.1, 0.15) is 115 Å². The molecule has 0 saturated heterocycles. The topological polar surface area (TPSA) is 9.72 Å². The summed E-state index contributed by atoms with van der Waals surface area (Å²) in [6.45, 7) is 15.1. The van der Waals surface area contributed by atoms with Crippen LogP contribution in [0.2, 0.25) is 0 Å². The molecule has 4 heterocycles. The highest BCUT2D eigenvalue weighted by molar-refractivity contribution is 7.00. The Morgan fingerprint density at radius 2 is 1.03 bits per heavy atom. The molecule has 14 rings (SSSR count). The minimum Gasteiger partial charge on any atom is -0.335 e. The van der Waals surface area contributed by atoms with Crippen molar-refractivity contribution in [2.45, 2.75) is 120 Å². The maximum Gasteiger partial charge on any atom is 0.252 e. The number of hydrogen-bond donors (Lipinski definition) is 0. The Balaban J connectivity index is 1.12. The lowest BCUT2D eigenvalue weighted by Crippen LogP contribution is -2.65. The lowest BCUT2D eigenvalue weighted by Gasteiger charge is -2.54. The Labute approximate surface area is 422 Å². The molecule has 4 unspecified atom stereocenters. The van der Waals surface area contributed by atoms with Gasteiger partial charge in [0.15, 0.2) is 0 Å². The minimum absolute atomic E-state index is 0.0119. The molecule has 0 spiro atoms. The van der Waals surface area contributed by atoms with E-state index in [0.29, 0.717) is 0 Å². The predicted molar refractivity (Wildman–Crippen MR) is 301 cm³/mol. The molecule has 71 heavy (non-hydrogen) atoms. The Kier molecular flexibility index (Phi) is 9.17. The molecule has 0 bridgehead atoms. The first-order chi connectivity index (χ1) is 34.4. The van der Waals surface area contributed by atoms with Crippen LogP contribution in [0, 0.1) is 0 Å². The van der Waals surface area contributed by atoms with Crippen LogP contribution in [0.3, 0.4) is 0 Å².